The maximum atomic E-state index is 11.5. The van der Waals surface area contributed by atoms with Gasteiger partial charge in [0.2, 0.25) is 0 Å². The van der Waals surface area contributed by atoms with Crippen LogP contribution in [0.25, 0.3) is 21.8 Å². The van der Waals surface area contributed by atoms with E-state index in [4.69, 9.17) is 4.74 Å². The molecule has 0 N–H and O–H groups in total. The van der Waals surface area contributed by atoms with Crippen LogP contribution in [0.15, 0.2) is 36.7 Å². The molecule has 0 aliphatic rings. The summed E-state index contributed by atoms with van der Waals surface area (Å²) in [6.45, 7) is 0. The van der Waals surface area contributed by atoms with Gasteiger partial charge in [0.25, 0.3) is 0 Å². The average Bonchev–Trinajstić information content (AvgIpc) is 2.72. The second-order valence-electron chi connectivity index (χ2n) is 4.18. The van der Waals surface area contributed by atoms with Crippen LogP contribution < -0.4 is 0 Å². The number of carbonyl (C=O) groups is 1. The highest BCUT2D eigenvalue weighted by Crippen LogP contribution is 2.28. The van der Waals surface area contributed by atoms with Crippen molar-refractivity contribution >= 4 is 27.8 Å². The van der Waals surface area contributed by atoms with Crippen LogP contribution in [-0.2, 0) is 11.8 Å². The van der Waals surface area contributed by atoms with Crippen molar-refractivity contribution in [1.29, 1.82) is 0 Å². The number of rotatable bonds is 1. The minimum Gasteiger partial charge on any atom is -0.465 e. The minimum atomic E-state index is -0.319. The van der Waals surface area contributed by atoms with E-state index in [9.17, 15) is 4.79 Å². The van der Waals surface area contributed by atoms with Gasteiger partial charge in [0.15, 0.2) is 0 Å². The van der Waals surface area contributed by atoms with E-state index < -0.39 is 0 Å². The first-order chi connectivity index (χ1) is 8.72. The number of ether oxygens (including phenoxy) is 1. The van der Waals surface area contributed by atoms with Crippen LogP contribution in [0.3, 0.4) is 0 Å². The fraction of sp³-hybridized carbons (Fsp3) is 0.143. The van der Waals surface area contributed by atoms with Gasteiger partial charge in [-0.15, -0.1) is 0 Å². The number of carbonyl (C=O) groups excluding carboxylic acids is 1. The summed E-state index contributed by atoms with van der Waals surface area (Å²) in [5.41, 5.74) is 2.61. The van der Waals surface area contributed by atoms with E-state index >= 15 is 0 Å². The van der Waals surface area contributed by atoms with Crippen molar-refractivity contribution in [2.75, 3.05) is 7.11 Å². The van der Waals surface area contributed by atoms with E-state index in [-0.39, 0.29) is 5.97 Å². The normalized spacial score (nSPS) is 11.0. The zero-order valence-corrected chi connectivity index (χ0v) is 10.2. The van der Waals surface area contributed by atoms with Gasteiger partial charge in [0.1, 0.15) is 0 Å². The van der Waals surface area contributed by atoms with Gasteiger partial charge in [-0.2, -0.15) is 0 Å². The van der Waals surface area contributed by atoms with Crippen molar-refractivity contribution in [3.05, 3.63) is 42.2 Å². The number of hydrogen-bond acceptors (Lipinski definition) is 3. The summed E-state index contributed by atoms with van der Waals surface area (Å²) in [6.07, 6.45) is 3.60. The fourth-order valence-electron chi connectivity index (χ4n) is 2.29. The fourth-order valence-corrected chi connectivity index (χ4v) is 2.29. The van der Waals surface area contributed by atoms with Crippen molar-refractivity contribution in [3.8, 4) is 0 Å². The van der Waals surface area contributed by atoms with Crippen molar-refractivity contribution in [1.82, 2.24) is 9.55 Å². The smallest absolute Gasteiger partial charge is 0.337 e. The summed E-state index contributed by atoms with van der Waals surface area (Å²) in [6, 6.07) is 7.56. The van der Waals surface area contributed by atoms with Gasteiger partial charge in [0.05, 0.1) is 24.4 Å². The molecule has 0 atom stereocenters. The van der Waals surface area contributed by atoms with Gasteiger partial charge in [-0.3, -0.25) is 4.98 Å². The van der Waals surface area contributed by atoms with Crippen molar-refractivity contribution in [2.24, 2.45) is 7.05 Å². The van der Waals surface area contributed by atoms with Crippen LogP contribution in [0, 0.1) is 0 Å². The Morgan fingerprint density at radius 1 is 1.22 bits per heavy atom. The molecule has 1 aromatic carbocycles. The van der Waals surface area contributed by atoms with Crippen LogP contribution in [0.4, 0.5) is 0 Å². The summed E-state index contributed by atoms with van der Waals surface area (Å²) in [5, 5.41) is 2.25. The summed E-state index contributed by atoms with van der Waals surface area (Å²) < 4.78 is 6.77. The zero-order valence-electron chi connectivity index (χ0n) is 10.2. The molecule has 2 heterocycles. The first-order valence-electron chi connectivity index (χ1n) is 5.63. The molecule has 0 fully saturated rings. The number of benzene rings is 1. The second-order valence-corrected chi connectivity index (χ2v) is 4.18. The molecule has 0 bridgehead atoms. The molecule has 0 aliphatic carbocycles. The zero-order chi connectivity index (χ0) is 12.7. The first-order valence-corrected chi connectivity index (χ1v) is 5.63. The van der Waals surface area contributed by atoms with Crippen molar-refractivity contribution < 1.29 is 9.53 Å². The van der Waals surface area contributed by atoms with E-state index in [0.29, 0.717) is 5.56 Å². The lowest BCUT2D eigenvalue weighted by Crippen LogP contribution is -2.01. The maximum Gasteiger partial charge on any atom is 0.337 e. The predicted octanol–water partition coefficient (Wildman–Crippen LogP) is 2.51. The number of esters is 1. The second kappa shape index (κ2) is 3.84. The lowest BCUT2D eigenvalue weighted by molar-refractivity contribution is 0.0601. The highest BCUT2D eigenvalue weighted by Gasteiger charge is 2.11. The lowest BCUT2D eigenvalue weighted by atomic mass is 10.1. The molecule has 0 saturated carbocycles. The van der Waals surface area contributed by atoms with Crippen molar-refractivity contribution in [3.63, 3.8) is 0 Å². The molecule has 4 heteroatoms. The molecule has 3 aromatic rings. The van der Waals surface area contributed by atoms with Crippen LogP contribution in [0.2, 0.25) is 0 Å². The average molecular weight is 240 g/mol. The van der Waals surface area contributed by atoms with Gasteiger partial charge in [-0.1, -0.05) is 6.07 Å². The Morgan fingerprint density at radius 3 is 2.78 bits per heavy atom. The summed E-state index contributed by atoms with van der Waals surface area (Å²) in [4.78, 5) is 15.7. The number of nitrogens with zero attached hydrogens (tertiary/aromatic N) is 2. The molecule has 0 unspecified atom stereocenters. The lowest BCUT2D eigenvalue weighted by Gasteiger charge is -2.01. The highest BCUT2D eigenvalue weighted by molar-refractivity contribution is 6.09. The van der Waals surface area contributed by atoms with Gasteiger partial charge in [-0.25, -0.2) is 4.79 Å². The van der Waals surface area contributed by atoms with E-state index in [1.165, 1.54) is 7.11 Å². The Kier molecular flexibility index (Phi) is 2.30. The Balaban J connectivity index is 2.38. The van der Waals surface area contributed by atoms with Gasteiger partial charge in [0, 0.05) is 29.5 Å². The van der Waals surface area contributed by atoms with E-state index in [1.54, 1.807) is 12.3 Å². The number of aromatic nitrogens is 2. The molecule has 4 nitrogen and oxygen atoms in total. The number of pyridine rings is 1. The van der Waals surface area contributed by atoms with E-state index in [2.05, 4.69) is 4.98 Å². The molecule has 3 rings (SSSR count). The highest BCUT2D eigenvalue weighted by atomic mass is 16.5. The summed E-state index contributed by atoms with van der Waals surface area (Å²) >= 11 is 0. The van der Waals surface area contributed by atoms with Crippen LogP contribution in [0.5, 0.6) is 0 Å². The first kappa shape index (κ1) is 10.8. The number of hydrogen-bond donors (Lipinski definition) is 0. The Bertz CT molecular complexity index is 759. The molecule has 0 amide bonds. The number of methoxy groups -OCH3 is 1. The molecular weight excluding hydrogens is 228 g/mol. The summed E-state index contributed by atoms with van der Waals surface area (Å²) in [7, 11) is 3.35. The monoisotopic (exact) mass is 240 g/mol. The minimum absolute atomic E-state index is 0.319. The molecule has 2 aromatic heterocycles. The molecular formula is C14H12N2O2. The topological polar surface area (TPSA) is 44.1 Å². The molecule has 0 aliphatic heterocycles. The molecule has 0 spiro atoms. The Labute approximate surface area is 104 Å². The quantitative estimate of drug-likeness (QED) is 0.614. The van der Waals surface area contributed by atoms with Gasteiger partial charge < -0.3 is 9.30 Å². The standard InChI is InChI=1S/C14H12N2O2/c1-16-12-7-9(14(17)18-2)3-4-10(12)11-5-6-15-8-13(11)16/h3-8H,1-2H3. The molecule has 18 heavy (non-hydrogen) atoms. The van der Waals surface area contributed by atoms with Crippen LogP contribution in [-0.4, -0.2) is 22.6 Å². The predicted molar refractivity (Wildman–Crippen MR) is 69.6 cm³/mol. The van der Waals surface area contributed by atoms with Gasteiger partial charge in [-0.05, 0) is 18.2 Å². The summed E-state index contributed by atoms with van der Waals surface area (Å²) in [5.74, 6) is -0.319. The number of fused-ring (bicyclic) bond motifs is 3. The van der Waals surface area contributed by atoms with Crippen molar-refractivity contribution in [2.45, 2.75) is 0 Å². The maximum absolute atomic E-state index is 11.5. The third-order valence-corrected chi connectivity index (χ3v) is 3.23. The van der Waals surface area contributed by atoms with E-state index in [0.717, 1.165) is 21.8 Å². The third-order valence-electron chi connectivity index (χ3n) is 3.23. The SMILES string of the molecule is COC(=O)c1ccc2c3ccncc3n(C)c2c1. The molecule has 0 radical (unpaired) electrons. The molecule has 0 saturated heterocycles. The Hall–Kier alpha value is -2.36. The Morgan fingerprint density at radius 2 is 2.00 bits per heavy atom. The number of aryl methyl sites for hydroxylation is 1. The third kappa shape index (κ3) is 1.39. The molecule has 90 valence electrons. The van der Waals surface area contributed by atoms with E-state index in [1.807, 2.05) is 36.0 Å². The largest absolute Gasteiger partial charge is 0.465 e. The van der Waals surface area contributed by atoms with Gasteiger partial charge >= 0.3 is 5.97 Å². The van der Waals surface area contributed by atoms with Crippen LogP contribution in [0.1, 0.15) is 10.4 Å². The van der Waals surface area contributed by atoms with Crippen LogP contribution >= 0.6 is 0 Å².